The quantitative estimate of drug-likeness (QED) is 0.611. The lowest BCUT2D eigenvalue weighted by Gasteiger charge is -2.38. The minimum absolute atomic E-state index is 0.239. The van der Waals surface area contributed by atoms with Gasteiger partial charge in [-0.3, -0.25) is 0 Å². The highest BCUT2D eigenvalue weighted by atomic mass is 16.5. The van der Waals surface area contributed by atoms with Gasteiger partial charge in [0.2, 0.25) is 0 Å². The molecule has 0 radical (unpaired) electrons. The highest BCUT2D eigenvalue weighted by molar-refractivity contribution is 5.96. The third kappa shape index (κ3) is 2.49. The first kappa shape index (κ1) is 16.2. The molecule has 0 spiro atoms. The summed E-state index contributed by atoms with van der Waals surface area (Å²) >= 11 is 0. The van der Waals surface area contributed by atoms with Gasteiger partial charge in [-0.05, 0) is 41.0 Å². The van der Waals surface area contributed by atoms with E-state index < -0.39 is 0 Å². The molecule has 0 saturated heterocycles. The largest absolute Gasteiger partial charge is 0.493 e. The summed E-state index contributed by atoms with van der Waals surface area (Å²) in [5.41, 5.74) is 3.91. The van der Waals surface area contributed by atoms with Crippen LogP contribution in [0.5, 0.6) is 11.5 Å². The summed E-state index contributed by atoms with van der Waals surface area (Å²) in [7, 11) is 3.37. The van der Waals surface area contributed by atoms with Gasteiger partial charge < -0.3 is 14.8 Å². The number of hydrogen-bond donors (Lipinski definition) is 1. The lowest BCUT2D eigenvalue weighted by atomic mass is 9.76. The summed E-state index contributed by atoms with van der Waals surface area (Å²) in [6.07, 6.45) is 5.80. The number of methoxy groups -OCH3 is 2. The summed E-state index contributed by atoms with van der Waals surface area (Å²) < 4.78 is 11.0. The number of allylic oxidation sites excluding steroid dienone is 2. The van der Waals surface area contributed by atoms with Crippen LogP contribution in [0.25, 0.3) is 10.8 Å². The van der Waals surface area contributed by atoms with Crippen molar-refractivity contribution < 1.29 is 9.47 Å². The molecule has 3 atom stereocenters. The van der Waals surface area contributed by atoms with Crippen LogP contribution in [0.15, 0.2) is 66.7 Å². The molecule has 1 N–H and O–H groups in total. The molecular formula is C24H23NO2. The maximum atomic E-state index is 5.55. The van der Waals surface area contributed by atoms with Crippen molar-refractivity contribution >= 4 is 16.5 Å². The van der Waals surface area contributed by atoms with Gasteiger partial charge in [-0.2, -0.15) is 0 Å². The van der Waals surface area contributed by atoms with Gasteiger partial charge in [0.25, 0.3) is 0 Å². The van der Waals surface area contributed by atoms with Crippen LogP contribution < -0.4 is 14.8 Å². The molecule has 3 nitrogen and oxygen atoms in total. The molecule has 0 amide bonds. The van der Waals surface area contributed by atoms with Gasteiger partial charge in [0, 0.05) is 17.0 Å². The molecule has 27 heavy (non-hydrogen) atoms. The topological polar surface area (TPSA) is 30.5 Å². The van der Waals surface area contributed by atoms with Crippen molar-refractivity contribution in [3.63, 3.8) is 0 Å². The van der Waals surface area contributed by atoms with E-state index in [9.17, 15) is 0 Å². The Morgan fingerprint density at radius 3 is 2.63 bits per heavy atom. The average molecular weight is 357 g/mol. The first-order valence-corrected chi connectivity index (χ1v) is 9.47. The number of benzene rings is 3. The number of rotatable bonds is 3. The predicted octanol–water partition coefficient (Wildman–Crippen LogP) is 5.68. The first-order valence-electron chi connectivity index (χ1n) is 9.47. The van der Waals surface area contributed by atoms with E-state index in [2.05, 4.69) is 66.0 Å². The molecular weight excluding hydrogens is 334 g/mol. The van der Waals surface area contributed by atoms with Crippen molar-refractivity contribution in [2.24, 2.45) is 5.92 Å². The van der Waals surface area contributed by atoms with E-state index in [4.69, 9.17) is 9.47 Å². The predicted molar refractivity (Wildman–Crippen MR) is 110 cm³/mol. The monoisotopic (exact) mass is 357 g/mol. The summed E-state index contributed by atoms with van der Waals surface area (Å²) in [6.45, 7) is 0. The Bertz CT molecular complexity index is 1040. The Morgan fingerprint density at radius 1 is 0.926 bits per heavy atom. The Morgan fingerprint density at radius 2 is 1.78 bits per heavy atom. The van der Waals surface area contributed by atoms with Gasteiger partial charge in [-0.15, -0.1) is 0 Å². The lowest BCUT2D eigenvalue weighted by Crippen LogP contribution is -2.29. The molecule has 1 aliphatic heterocycles. The normalized spacial score (nSPS) is 22.8. The maximum Gasteiger partial charge on any atom is 0.161 e. The molecule has 0 saturated carbocycles. The van der Waals surface area contributed by atoms with E-state index in [0.29, 0.717) is 11.8 Å². The minimum Gasteiger partial charge on any atom is -0.493 e. The Balaban J connectivity index is 1.65. The summed E-state index contributed by atoms with van der Waals surface area (Å²) in [4.78, 5) is 0. The van der Waals surface area contributed by atoms with Crippen LogP contribution >= 0.6 is 0 Å². The number of hydrogen-bond acceptors (Lipinski definition) is 3. The Labute approximate surface area is 159 Å². The smallest absolute Gasteiger partial charge is 0.161 e. The molecule has 2 aliphatic rings. The van der Waals surface area contributed by atoms with Gasteiger partial charge in [0.15, 0.2) is 11.5 Å². The zero-order chi connectivity index (χ0) is 18.4. The number of ether oxygens (including phenoxy) is 2. The number of anilines is 1. The molecule has 5 rings (SSSR count). The van der Waals surface area contributed by atoms with Crippen molar-refractivity contribution in [1.82, 2.24) is 0 Å². The number of nitrogens with one attached hydrogen (secondary N) is 1. The molecule has 0 bridgehead atoms. The average Bonchev–Trinajstić information content (AvgIpc) is 3.22. The van der Waals surface area contributed by atoms with Gasteiger partial charge >= 0.3 is 0 Å². The third-order valence-electron chi connectivity index (χ3n) is 6.03. The second kappa shape index (κ2) is 6.34. The fourth-order valence-electron chi connectivity index (χ4n) is 4.72. The summed E-state index contributed by atoms with van der Waals surface area (Å²) in [5, 5.41) is 6.44. The molecule has 1 aliphatic carbocycles. The summed E-state index contributed by atoms with van der Waals surface area (Å²) in [6, 6.07) is 19.7. The van der Waals surface area contributed by atoms with Crippen molar-refractivity contribution in [2.75, 3.05) is 19.5 Å². The fourth-order valence-corrected chi connectivity index (χ4v) is 4.72. The molecule has 1 heterocycles. The maximum absolute atomic E-state index is 5.55. The number of fused-ring (bicyclic) bond motifs is 5. The fraction of sp³-hybridized carbons (Fsp3) is 0.250. The second-order valence-corrected chi connectivity index (χ2v) is 7.34. The standard InChI is InChI=1S/C24H23NO2/c1-26-21-13-11-16(14-22(21)27-2)23-19-9-5-8-18(19)20-12-10-15-6-3-4-7-17(15)24(20)25-23/h3-8,10-14,18-19,23,25H,9H2,1-2H3/t18-,19+,23+/m0/s1. The SMILES string of the molecule is COc1ccc([C@H]2Nc3c(ccc4ccccc34)[C@H]3C=CC[C@H]32)cc1OC. The molecule has 0 aromatic heterocycles. The van der Waals surface area contributed by atoms with Gasteiger partial charge in [-0.25, -0.2) is 0 Å². The van der Waals surface area contributed by atoms with Crippen LogP contribution in [0, 0.1) is 5.92 Å². The molecule has 0 fully saturated rings. The summed E-state index contributed by atoms with van der Waals surface area (Å²) in [5.74, 6) is 2.51. The molecule has 3 heteroatoms. The van der Waals surface area contributed by atoms with Gasteiger partial charge in [0.1, 0.15) is 0 Å². The van der Waals surface area contributed by atoms with E-state index in [1.54, 1.807) is 14.2 Å². The van der Waals surface area contributed by atoms with E-state index >= 15 is 0 Å². The molecule has 136 valence electrons. The van der Waals surface area contributed by atoms with E-state index in [0.717, 1.165) is 17.9 Å². The Kier molecular flexibility index (Phi) is 3.82. The highest BCUT2D eigenvalue weighted by Crippen LogP contribution is 2.52. The first-order chi connectivity index (χ1) is 13.3. The van der Waals surface area contributed by atoms with Crippen molar-refractivity contribution in [3.8, 4) is 11.5 Å². The molecule has 3 aromatic carbocycles. The van der Waals surface area contributed by atoms with Crippen LogP contribution in [-0.2, 0) is 0 Å². The van der Waals surface area contributed by atoms with E-state index in [1.807, 2.05) is 6.07 Å². The zero-order valence-electron chi connectivity index (χ0n) is 15.6. The van der Waals surface area contributed by atoms with Crippen LogP contribution in [0.3, 0.4) is 0 Å². The third-order valence-corrected chi connectivity index (χ3v) is 6.03. The molecule has 0 unspecified atom stereocenters. The van der Waals surface area contributed by atoms with Crippen molar-refractivity contribution in [2.45, 2.75) is 18.4 Å². The highest BCUT2D eigenvalue weighted by Gasteiger charge is 2.38. The lowest BCUT2D eigenvalue weighted by molar-refractivity contribution is 0.353. The second-order valence-electron chi connectivity index (χ2n) is 7.34. The van der Waals surface area contributed by atoms with Crippen LogP contribution in [0.2, 0.25) is 0 Å². The Hall–Kier alpha value is -2.94. The van der Waals surface area contributed by atoms with Gasteiger partial charge in [-0.1, -0.05) is 54.6 Å². The van der Waals surface area contributed by atoms with Gasteiger partial charge in [0.05, 0.1) is 20.3 Å². The zero-order valence-corrected chi connectivity index (χ0v) is 15.6. The van der Waals surface area contributed by atoms with Crippen LogP contribution in [0.1, 0.15) is 29.5 Å². The van der Waals surface area contributed by atoms with Crippen molar-refractivity contribution in [1.29, 1.82) is 0 Å². The van der Waals surface area contributed by atoms with E-state index in [1.165, 1.54) is 27.6 Å². The van der Waals surface area contributed by atoms with Crippen molar-refractivity contribution in [3.05, 3.63) is 77.9 Å². The van der Waals surface area contributed by atoms with Crippen LogP contribution in [0.4, 0.5) is 5.69 Å². The minimum atomic E-state index is 0.239. The van der Waals surface area contributed by atoms with E-state index in [-0.39, 0.29) is 6.04 Å². The van der Waals surface area contributed by atoms with Crippen LogP contribution in [-0.4, -0.2) is 14.2 Å². The molecule has 3 aromatic rings.